The molecule has 1 heterocycles. The van der Waals surface area contributed by atoms with Crippen molar-refractivity contribution in [3.63, 3.8) is 0 Å². The molecule has 5 heteroatoms. The summed E-state index contributed by atoms with van der Waals surface area (Å²) in [6.45, 7) is 9.65. The quantitative estimate of drug-likeness (QED) is 0.707. The molecule has 0 aromatic heterocycles. The SMILES string of the molecule is CCN1CCC(C(C)NCCNC(=O)N(C)C)CC1. The number of piperidine rings is 1. The molecule has 2 N–H and O–H groups in total. The van der Waals surface area contributed by atoms with Gasteiger partial charge in [-0.05, 0) is 45.3 Å². The zero-order chi connectivity index (χ0) is 14.3. The average Bonchev–Trinajstić information content (AvgIpc) is 2.43. The Morgan fingerprint density at radius 1 is 1.32 bits per heavy atom. The first kappa shape index (κ1) is 16.2. The smallest absolute Gasteiger partial charge is 0.316 e. The van der Waals surface area contributed by atoms with E-state index in [1.54, 1.807) is 19.0 Å². The van der Waals surface area contributed by atoms with Crippen molar-refractivity contribution in [1.82, 2.24) is 20.4 Å². The van der Waals surface area contributed by atoms with Crippen molar-refractivity contribution in [3.05, 3.63) is 0 Å². The Bertz CT molecular complexity index is 262. The summed E-state index contributed by atoms with van der Waals surface area (Å²) in [6.07, 6.45) is 2.57. The fraction of sp³-hybridized carbons (Fsp3) is 0.929. The van der Waals surface area contributed by atoms with Gasteiger partial charge >= 0.3 is 6.03 Å². The number of rotatable bonds is 6. The van der Waals surface area contributed by atoms with E-state index in [1.165, 1.54) is 32.5 Å². The number of nitrogens with one attached hydrogen (secondary N) is 2. The predicted octanol–water partition coefficient (Wildman–Crippen LogP) is 0.968. The fourth-order valence-electron chi connectivity index (χ4n) is 2.56. The van der Waals surface area contributed by atoms with Gasteiger partial charge in [0.1, 0.15) is 0 Å². The van der Waals surface area contributed by atoms with Gasteiger partial charge in [0.2, 0.25) is 0 Å². The van der Waals surface area contributed by atoms with Crippen molar-refractivity contribution in [2.24, 2.45) is 5.92 Å². The van der Waals surface area contributed by atoms with E-state index in [0.717, 1.165) is 12.5 Å². The van der Waals surface area contributed by atoms with E-state index >= 15 is 0 Å². The molecule has 112 valence electrons. The van der Waals surface area contributed by atoms with Crippen LogP contribution in [-0.2, 0) is 0 Å². The zero-order valence-corrected chi connectivity index (χ0v) is 12.9. The molecule has 19 heavy (non-hydrogen) atoms. The highest BCUT2D eigenvalue weighted by molar-refractivity contribution is 5.73. The van der Waals surface area contributed by atoms with Crippen LogP contribution >= 0.6 is 0 Å². The van der Waals surface area contributed by atoms with E-state index in [4.69, 9.17) is 0 Å². The molecular weight excluding hydrogens is 240 g/mol. The summed E-state index contributed by atoms with van der Waals surface area (Å²) in [5.74, 6) is 0.771. The molecule has 0 saturated carbocycles. The minimum Gasteiger partial charge on any atom is -0.337 e. The van der Waals surface area contributed by atoms with Crippen molar-refractivity contribution in [2.75, 3.05) is 46.8 Å². The molecule has 1 unspecified atom stereocenters. The van der Waals surface area contributed by atoms with E-state index in [1.807, 2.05) is 0 Å². The summed E-state index contributed by atoms with van der Waals surface area (Å²) >= 11 is 0. The monoisotopic (exact) mass is 270 g/mol. The van der Waals surface area contributed by atoms with Crippen LogP contribution in [-0.4, -0.2) is 68.7 Å². The second-order valence-corrected chi connectivity index (χ2v) is 5.64. The van der Waals surface area contributed by atoms with Crippen LogP contribution in [0.5, 0.6) is 0 Å². The molecule has 0 radical (unpaired) electrons. The molecule has 1 saturated heterocycles. The van der Waals surface area contributed by atoms with Crippen LogP contribution in [0.1, 0.15) is 26.7 Å². The van der Waals surface area contributed by atoms with Crippen LogP contribution < -0.4 is 10.6 Å². The van der Waals surface area contributed by atoms with Gasteiger partial charge in [-0.25, -0.2) is 4.79 Å². The van der Waals surface area contributed by atoms with Crippen LogP contribution in [0, 0.1) is 5.92 Å². The van der Waals surface area contributed by atoms with E-state index in [9.17, 15) is 4.79 Å². The van der Waals surface area contributed by atoms with Crippen molar-refractivity contribution >= 4 is 6.03 Å². The third-order valence-corrected chi connectivity index (χ3v) is 4.06. The number of nitrogens with zero attached hydrogens (tertiary/aromatic N) is 2. The minimum atomic E-state index is -0.0225. The van der Waals surface area contributed by atoms with Gasteiger partial charge in [-0.15, -0.1) is 0 Å². The summed E-state index contributed by atoms with van der Waals surface area (Å²) < 4.78 is 0. The Morgan fingerprint density at radius 3 is 2.47 bits per heavy atom. The van der Waals surface area contributed by atoms with Crippen molar-refractivity contribution in [3.8, 4) is 0 Å². The number of hydrogen-bond donors (Lipinski definition) is 2. The standard InChI is InChI=1S/C14H30N4O/c1-5-18-10-6-13(7-11-18)12(2)15-8-9-16-14(19)17(3)4/h12-13,15H,5-11H2,1-4H3,(H,16,19). The summed E-state index contributed by atoms with van der Waals surface area (Å²) in [6, 6.07) is 0.515. The molecular formula is C14H30N4O. The largest absolute Gasteiger partial charge is 0.337 e. The molecule has 0 bridgehead atoms. The maximum Gasteiger partial charge on any atom is 0.316 e. The molecule has 1 aliphatic rings. The van der Waals surface area contributed by atoms with Gasteiger partial charge < -0.3 is 20.4 Å². The summed E-state index contributed by atoms with van der Waals surface area (Å²) in [7, 11) is 3.51. The zero-order valence-electron chi connectivity index (χ0n) is 12.9. The lowest BCUT2D eigenvalue weighted by Gasteiger charge is -2.34. The summed E-state index contributed by atoms with van der Waals surface area (Å²) in [4.78, 5) is 15.4. The first-order valence-electron chi connectivity index (χ1n) is 7.45. The van der Waals surface area contributed by atoms with Crippen LogP contribution in [0.4, 0.5) is 4.79 Å². The average molecular weight is 270 g/mol. The molecule has 0 aromatic rings. The first-order valence-corrected chi connectivity index (χ1v) is 7.45. The van der Waals surface area contributed by atoms with Crippen molar-refractivity contribution in [1.29, 1.82) is 0 Å². The fourth-order valence-corrected chi connectivity index (χ4v) is 2.56. The second-order valence-electron chi connectivity index (χ2n) is 5.64. The number of likely N-dealkylation sites (tertiary alicyclic amines) is 1. The third kappa shape index (κ3) is 5.78. The lowest BCUT2D eigenvalue weighted by molar-refractivity contribution is 0.169. The molecule has 1 atom stereocenters. The summed E-state index contributed by atoms with van der Waals surface area (Å²) in [5, 5.41) is 6.40. The Labute approximate surface area is 117 Å². The Hall–Kier alpha value is -0.810. The Balaban J connectivity index is 2.11. The highest BCUT2D eigenvalue weighted by atomic mass is 16.2. The topological polar surface area (TPSA) is 47.6 Å². The highest BCUT2D eigenvalue weighted by Gasteiger charge is 2.22. The van der Waals surface area contributed by atoms with Crippen LogP contribution in [0.25, 0.3) is 0 Å². The minimum absolute atomic E-state index is 0.0225. The maximum atomic E-state index is 11.3. The molecule has 1 fully saturated rings. The van der Waals surface area contributed by atoms with E-state index in [2.05, 4.69) is 29.4 Å². The molecule has 5 nitrogen and oxygen atoms in total. The molecule has 0 aliphatic carbocycles. The number of urea groups is 1. The number of hydrogen-bond acceptors (Lipinski definition) is 3. The summed E-state index contributed by atoms with van der Waals surface area (Å²) in [5.41, 5.74) is 0. The molecule has 0 spiro atoms. The molecule has 2 amide bonds. The van der Waals surface area contributed by atoms with E-state index < -0.39 is 0 Å². The number of carbonyl (C=O) groups excluding carboxylic acids is 1. The number of carbonyl (C=O) groups is 1. The predicted molar refractivity (Wildman–Crippen MR) is 79.4 cm³/mol. The highest BCUT2D eigenvalue weighted by Crippen LogP contribution is 2.20. The normalized spacial score (nSPS) is 19.2. The van der Waals surface area contributed by atoms with Gasteiger partial charge in [0.05, 0.1) is 0 Å². The molecule has 1 aliphatic heterocycles. The maximum absolute atomic E-state index is 11.3. The third-order valence-electron chi connectivity index (χ3n) is 4.06. The first-order chi connectivity index (χ1) is 9.04. The van der Waals surface area contributed by atoms with Crippen LogP contribution in [0.2, 0.25) is 0 Å². The van der Waals surface area contributed by atoms with Crippen LogP contribution in [0.3, 0.4) is 0 Å². The van der Waals surface area contributed by atoms with Crippen molar-refractivity contribution in [2.45, 2.75) is 32.7 Å². The lowest BCUT2D eigenvalue weighted by Crippen LogP contribution is -2.44. The second kappa shape index (κ2) is 8.38. The molecule has 0 aromatic carbocycles. The van der Waals surface area contributed by atoms with Gasteiger partial charge in [0, 0.05) is 33.2 Å². The lowest BCUT2D eigenvalue weighted by atomic mass is 9.90. The Morgan fingerprint density at radius 2 is 1.95 bits per heavy atom. The van der Waals surface area contributed by atoms with Gasteiger partial charge in [-0.3, -0.25) is 0 Å². The van der Waals surface area contributed by atoms with E-state index in [0.29, 0.717) is 12.6 Å². The van der Waals surface area contributed by atoms with Gasteiger partial charge in [-0.1, -0.05) is 6.92 Å². The Kier molecular flexibility index (Phi) is 7.16. The van der Waals surface area contributed by atoms with Crippen LogP contribution in [0.15, 0.2) is 0 Å². The van der Waals surface area contributed by atoms with E-state index in [-0.39, 0.29) is 6.03 Å². The molecule has 1 rings (SSSR count). The van der Waals surface area contributed by atoms with Gasteiger partial charge in [0.15, 0.2) is 0 Å². The number of amides is 2. The van der Waals surface area contributed by atoms with Crippen molar-refractivity contribution < 1.29 is 4.79 Å². The van der Waals surface area contributed by atoms with Gasteiger partial charge in [-0.2, -0.15) is 0 Å². The van der Waals surface area contributed by atoms with Gasteiger partial charge in [0.25, 0.3) is 0 Å².